The number of halogens is 3. The van der Waals surface area contributed by atoms with Crippen molar-refractivity contribution in [1.29, 1.82) is 0 Å². The van der Waals surface area contributed by atoms with E-state index < -0.39 is 24.0 Å². The van der Waals surface area contributed by atoms with Gasteiger partial charge in [0.2, 0.25) is 0 Å². The Kier molecular flexibility index (Phi) is 4.13. The van der Waals surface area contributed by atoms with E-state index in [1.54, 1.807) is 7.05 Å². The molecule has 2 rings (SSSR count). The highest BCUT2D eigenvalue weighted by Crippen LogP contribution is 2.42. The topological polar surface area (TPSA) is 52.6 Å². The Morgan fingerprint density at radius 3 is 2.62 bits per heavy atom. The minimum Gasteiger partial charge on any atom is -0.465 e. The van der Waals surface area contributed by atoms with Crippen LogP contribution in [0.1, 0.15) is 36.8 Å². The van der Waals surface area contributed by atoms with E-state index in [0.717, 1.165) is 17.0 Å². The molecule has 7 heteroatoms. The summed E-state index contributed by atoms with van der Waals surface area (Å²) in [5.41, 5.74) is 0.0297. The first-order chi connectivity index (χ1) is 9.79. The Morgan fingerprint density at radius 1 is 1.48 bits per heavy atom. The Balaban J connectivity index is 2.57. The maximum absolute atomic E-state index is 12.8. The number of anilines is 1. The smallest absolute Gasteiger partial charge is 0.416 e. The normalized spacial score (nSPS) is 22.0. The summed E-state index contributed by atoms with van der Waals surface area (Å²) in [6, 6.07) is 3.25. The van der Waals surface area contributed by atoms with Crippen molar-refractivity contribution in [3.63, 3.8) is 0 Å². The van der Waals surface area contributed by atoms with E-state index in [9.17, 15) is 23.1 Å². The molecule has 21 heavy (non-hydrogen) atoms. The Morgan fingerprint density at radius 2 is 2.14 bits per heavy atom. The third-order valence-corrected chi connectivity index (χ3v) is 3.91. The zero-order valence-corrected chi connectivity index (χ0v) is 11.7. The summed E-state index contributed by atoms with van der Waals surface area (Å²) >= 11 is 0. The molecule has 4 nitrogen and oxygen atoms in total. The molecule has 0 bridgehead atoms. The molecule has 1 aliphatic heterocycles. The highest BCUT2D eigenvalue weighted by molar-refractivity contribution is 5.88. The van der Waals surface area contributed by atoms with Crippen LogP contribution in [0.15, 0.2) is 18.2 Å². The van der Waals surface area contributed by atoms with Crippen LogP contribution in [-0.2, 0) is 6.18 Å². The van der Waals surface area contributed by atoms with E-state index in [2.05, 4.69) is 5.32 Å². The van der Waals surface area contributed by atoms with Gasteiger partial charge in [0.05, 0.1) is 17.4 Å². The molecule has 0 saturated heterocycles. The van der Waals surface area contributed by atoms with E-state index >= 15 is 0 Å². The van der Waals surface area contributed by atoms with E-state index in [1.807, 2.05) is 6.92 Å². The van der Waals surface area contributed by atoms with Gasteiger partial charge in [-0.2, -0.15) is 13.2 Å². The number of rotatable bonds is 2. The molecule has 1 aromatic carbocycles. The molecular weight excluding hydrogens is 285 g/mol. The lowest BCUT2D eigenvalue weighted by Crippen LogP contribution is -2.50. The van der Waals surface area contributed by atoms with Crippen LogP contribution in [-0.4, -0.2) is 24.4 Å². The number of carboxylic acid groups (broad SMARTS) is 1. The first-order valence-electron chi connectivity index (χ1n) is 6.70. The monoisotopic (exact) mass is 302 g/mol. The minimum atomic E-state index is -4.43. The number of nitrogens with one attached hydrogen (secondary N) is 1. The van der Waals surface area contributed by atoms with Gasteiger partial charge in [0.1, 0.15) is 0 Å². The molecule has 2 N–H and O–H groups in total. The van der Waals surface area contributed by atoms with Gasteiger partial charge < -0.3 is 5.11 Å². The van der Waals surface area contributed by atoms with Crippen molar-refractivity contribution in [3.8, 4) is 0 Å². The highest BCUT2D eigenvalue weighted by atomic mass is 19.4. The standard InChI is InChI=1S/C14H17F3N2O2/c1-3-8-6-12(18-2)19(13(20)21)11-5-4-9(7-10(8)11)14(15,16)17/h4-5,7-8,12,18H,3,6H2,1-2H3,(H,20,21)/t8-,12+/m0/s1. The van der Waals surface area contributed by atoms with Gasteiger partial charge >= 0.3 is 12.3 Å². The largest absolute Gasteiger partial charge is 0.465 e. The minimum absolute atomic E-state index is 0.102. The van der Waals surface area contributed by atoms with Crippen LogP contribution in [0.2, 0.25) is 0 Å². The van der Waals surface area contributed by atoms with Gasteiger partial charge in [-0.1, -0.05) is 6.92 Å². The molecule has 1 amide bonds. The molecule has 0 radical (unpaired) electrons. The molecule has 0 aliphatic carbocycles. The number of fused-ring (bicyclic) bond motifs is 1. The molecule has 116 valence electrons. The van der Waals surface area contributed by atoms with Crippen molar-refractivity contribution >= 4 is 11.8 Å². The molecule has 0 saturated carbocycles. The van der Waals surface area contributed by atoms with Crippen LogP contribution in [0, 0.1) is 0 Å². The summed E-state index contributed by atoms with van der Waals surface area (Å²) < 4.78 is 38.5. The average molecular weight is 302 g/mol. The number of hydrogen-bond acceptors (Lipinski definition) is 2. The van der Waals surface area contributed by atoms with Gasteiger partial charge in [-0.25, -0.2) is 4.79 Å². The van der Waals surface area contributed by atoms with Gasteiger partial charge in [0.15, 0.2) is 0 Å². The van der Waals surface area contributed by atoms with Gasteiger partial charge in [-0.05, 0) is 49.6 Å². The lowest BCUT2D eigenvalue weighted by Gasteiger charge is -2.39. The second kappa shape index (κ2) is 5.55. The number of amides is 1. The van der Waals surface area contributed by atoms with Crippen LogP contribution < -0.4 is 10.2 Å². The highest BCUT2D eigenvalue weighted by Gasteiger charge is 2.37. The number of alkyl halides is 3. The fourth-order valence-corrected chi connectivity index (χ4v) is 2.82. The van der Waals surface area contributed by atoms with Crippen LogP contribution in [0.3, 0.4) is 0 Å². The number of benzene rings is 1. The molecule has 0 unspecified atom stereocenters. The molecule has 1 aromatic rings. The van der Waals surface area contributed by atoms with Crippen molar-refractivity contribution in [1.82, 2.24) is 5.32 Å². The quantitative estimate of drug-likeness (QED) is 0.877. The summed E-state index contributed by atoms with van der Waals surface area (Å²) in [5, 5.41) is 12.2. The van der Waals surface area contributed by atoms with Gasteiger partial charge in [-0.15, -0.1) is 0 Å². The predicted octanol–water partition coefficient (Wildman–Crippen LogP) is 3.63. The first kappa shape index (κ1) is 15.6. The maximum Gasteiger partial charge on any atom is 0.416 e. The summed E-state index contributed by atoms with van der Waals surface area (Å²) in [4.78, 5) is 12.5. The zero-order valence-electron chi connectivity index (χ0n) is 11.7. The lowest BCUT2D eigenvalue weighted by molar-refractivity contribution is -0.137. The van der Waals surface area contributed by atoms with Crippen LogP contribution >= 0.6 is 0 Å². The average Bonchev–Trinajstić information content (AvgIpc) is 2.43. The van der Waals surface area contributed by atoms with Crippen molar-refractivity contribution < 1.29 is 23.1 Å². The third kappa shape index (κ3) is 2.83. The fourth-order valence-electron chi connectivity index (χ4n) is 2.82. The van der Waals surface area contributed by atoms with Gasteiger partial charge in [-0.3, -0.25) is 10.2 Å². The van der Waals surface area contributed by atoms with Crippen molar-refractivity contribution in [2.45, 2.75) is 38.0 Å². The van der Waals surface area contributed by atoms with Crippen LogP contribution in [0.25, 0.3) is 0 Å². The first-order valence-corrected chi connectivity index (χ1v) is 6.70. The lowest BCUT2D eigenvalue weighted by atomic mass is 9.85. The van der Waals surface area contributed by atoms with E-state index in [4.69, 9.17) is 0 Å². The summed E-state index contributed by atoms with van der Waals surface area (Å²) in [6.45, 7) is 1.89. The van der Waals surface area contributed by atoms with Crippen molar-refractivity contribution in [3.05, 3.63) is 29.3 Å². The fraction of sp³-hybridized carbons (Fsp3) is 0.500. The number of nitrogens with zero attached hydrogens (tertiary/aromatic N) is 1. The summed E-state index contributed by atoms with van der Waals surface area (Å²) in [5.74, 6) is -0.102. The molecule has 1 aliphatic rings. The number of hydrogen-bond donors (Lipinski definition) is 2. The molecule has 0 aromatic heterocycles. The summed E-state index contributed by atoms with van der Waals surface area (Å²) in [7, 11) is 1.64. The molecule has 0 spiro atoms. The second-order valence-corrected chi connectivity index (χ2v) is 5.07. The van der Waals surface area contributed by atoms with Gasteiger partial charge in [0, 0.05) is 0 Å². The molecule has 1 heterocycles. The Bertz CT molecular complexity index is 546. The predicted molar refractivity (Wildman–Crippen MR) is 72.4 cm³/mol. The second-order valence-electron chi connectivity index (χ2n) is 5.07. The number of carbonyl (C=O) groups is 1. The van der Waals surface area contributed by atoms with Crippen molar-refractivity contribution in [2.24, 2.45) is 0 Å². The third-order valence-electron chi connectivity index (χ3n) is 3.91. The summed E-state index contributed by atoms with van der Waals surface area (Å²) in [6.07, 6.45) is -4.93. The van der Waals surface area contributed by atoms with Crippen LogP contribution in [0.4, 0.5) is 23.7 Å². The Hall–Kier alpha value is -1.76. The van der Waals surface area contributed by atoms with E-state index in [1.165, 1.54) is 6.07 Å². The zero-order chi connectivity index (χ0) is 15.8. The van der Waals surface area contributed by atoms with Crippen LogP contribution in [0.5, 0.6) is 0 Å². The SMILES string of the molecule is CC[C@H]1C[C@H](NC)N(C(=O)O)c2ccc(C(F)(F)F)cc21. The molecular formula is C14H17F3N2O2. The van der Waals surface area contributed by atoms with Crippen molar-refractivity contribution in [2.75, 3.05) is 11.9 Å². The van der Waals surface area contributed by atoms with E-state index in [0.29, 0.717) is 24.1 Å². The maximum atomic E-state index is 12.8. The van der Waals surface area contributed by atoms with E-state index in [-0.39, 0.29) is 5.92 Å². The Labute approximate surface area is 120 Å². The molecule has 0 fully saturated rings. The van der Waals surface area contributed by atoms with Gasteiger partial charge in [0.25, 0.3) is 0 Å². The molecule has 2 atom stereocenters.